The number of carbonyl (C=O) groups is 2. The van der Waals surface area contributed by atoms with Gasteiger partial charge in [-0.3, -0.25) is 10.1 Å². The third-order valence-electron chi connectivity index (χ3n) is 7.79. The van der Waals surface area contributed by atoms with Crippen molar-refractivity contribution in [2.45, 2.75) is 51.9 Å². The second-order valence-corrected chi connectivity index (χ2v) is 12.6. The monoisotopic (exact) mass is 585 g/mol. The quantitative estimate of drug-likeness (QED) is 0.191. The lowest BCUT2D eigenvalue weighted by molar-refractivity contribution is 0.0914. The number of piperidine rings is 1. The van der Waals surface area contributed by atoms with E-state index in [1.807, 2.05) is 72.3 Å². The van der Waals surface area contributed by atoms with Gasteiger partial charge in [0, 0.05) is 27.9 Å². The molecule has 0 aliphatic carbocycles. The molecule has 1 unspecified atom stereocenters. The Hall–Kier alpha value is -3.95. The van der Waals surface area contributed by atoms with Crippen LogP contribution in [0.3, 0.4) is 0 Å². The highest BCUT2D eigenvalue weighted by atomic mass is 32.1. The van der Waals surface area contributed by atoms with E-state index in [0.717, 1.165) is 48.4 Å². The number of nitrogens with zero attached hydrogens (tertiary/aromatic N) is 2. The lowest BCUT2D eigenvalue weighted by Gasteiger charge is -2.31. The van der Waals surface area contributed by atoms with Crippen LogP contribution in [0.15, 0.2) is 65.4 Å². The highest BCUT2D eigenvalue weighted by molar-refractivity contribution is 7.08. The second kappa shape index (κ2) is 12.5. The number of aromatic nitrogens is 2. The molecule has 3 N–H and O–H groups in total. The maximum atomic E-state index is 14.1. The Labute approximate surface area is 251 Å². The molecule has 42 heavy (non-hydrogen) atoms. The van der Waals surface area contributed by atoms with Crippen LogP contribution in [0.25, 0.3) is 5.69 Å². The first-order valence-electron chi connectivity index (χ1n) is 14.4. The molecule has 1 atom stereocenters. The number of rotatable bonds is 8. The lowest BCUT2D eigenvalue weighted by Crippen LogP contribution is -2.34. The summed E-state index contributed by atoms with van der Waals surface area (Å²) in [6, 6.07) is 17.1. The summed E-state index contributed by atoms with van der Waals surface area (Å²) in [4.78, 5) is 27.7. The normalized spacial score (nSPS) is 14.8. The van der Waals surface area contributed by atoms with Crippen molar-refractivity contribution in [2.75, 3.05) is 30.8 Å². The molecule has 1 fully saturated rings. The van der Waals surface area contributed by atoms with Gasteiger partial charge in [-0.05, 0) is 62.5 Å². The highest BCUT2D eigenvalue weighted by Crippen LogP contribution is 2.40. The van der Waals surface area contributed by atoms with E-state index in [9.17, 15) is 9.59 Å². The van der Waals surface area contributed by atoms with Crippen LogP contribution >= 0.6 is 11.3 Å². The third kappa shape index (κ3) is 6.42. The molecular formula is C33H39N5O3S. The first kappa shape index (κ1) is 29.5. The minimum atomic E-state index is -0.419. The smallest absolute Gasteiger partial charge is 0.324 e. The fourth-order valence-electron chi connectivity index (χ4n) is 5.45. The number of Topliss-reactive ketones (excluding diaryl/α,β-unsaturated/α-hetero) is 1. The first-order valence-corrected chi connectivity index (χ1v) is 15.3. The van der Waals surface area contributed by atoms with Crippen molar-refractivity contribution in [3.8, 4) is 11.4 Å². The Balaban J connectivity index is 1.46. The summed E-state index contributed by atoms with van der Waals surface area (Å²) in [6.45, 7) is 10.0. The SMILES string of the molecule is COc1cscc1C(=O)C(c1ccccc1NC(=O)Nc1cc(C(C)(C)C)nn1-c1ccc(C)cc1)C1CCNCC1. The predicted octanol–water partition coefficient (Wildman–Crippen LogP) is 7.16. The summed E-state index contributed by atoms with van der Waals surface area (Å²) in [6.07, 6.45) is 1.74. The Bertz CT molecular complexity index is 1540. The topological polar surface area (TPSA) is 97.3 Å². The summed E-state index contributed by atoms with van der Waals surface area (Å²) >= 11 is 1.45. The molecule has 5 rings (SSSR count). The fraction of sp³-hybridized carbons (Fsp3) is 0.364. The number of thiophene rings is 1. The molecule has 2 amide bonds. The highest BCUT2D eigenvalue weighted by Gasteiger charge is 2.35. The molecule has 0 saturated carbocycles. The molecule has 3 heterocycles. The maximum absolute atomic E-state index is 14.1. The summed E-state index contributed by atoms with van der Waals surface area (Å²) in [5, 5.41) is 18.0. The third-order valence-corrected chi connectivity index (χ3v) is 8.51. The maximum Gasteiger partial charge on any atom is 0.324 e. The molecule has 0 bridgehead atoms. The number of ether oxygens (including phenoxy) is 1. The number of anilines is 2. The molecule has 4 aromatic rings. The van der Waals surface area contributed by atoms with E-state index in [4.69, 9.17) is 9.84 Å². The molecule has 9 heteroatoms. The van der Waals surface area contributed by atoms with Gasteiger partial charge in [-0.1, -0.05) is 56.7 Å². The van der Waals surface area contributed by atoms with Crippen molar-refractivity contribution in [1.82, 2.24) is 15.1 Å². The van der Waals surface area contributed by atoms with E-state index < -0.39 is 11.9 Å². The standard InChI is InChI=1S/C33H39N5O3S/c1-21-10-12-23(13-11-21)38-29(18-28(37-38)33(2,3)4)36-32(40)35-26-9-7-6-8-24(26)30(22-14-16-34-17-15-22)31(39)25-19-42-20-27(25)41-5/h6-13,18-20,22,30,34H,14-17H2,1-5H3,(H2,35,36,40). The summed E-state index contributed by atoms with van der Waals surface area (Å²) in [7, 11) is 1.59. The number of urea groups is 1. The van der Waals surface area contributed by atoms with Crippen LogP contribution in [0, 0.1) is 12.8 Å². The van der Waals surface area contributed by atoms with Crippen molar-refractivity contribution in [3.05, 3.63) is 87.7 Å². The van der Waals surface area contributed by atoms with Crippen molar-refractivity contribution >= 4 is 34.7 Å². The van der Waals surface area contributed by atoms with Gasteiger partial charge in [0.15, 0.2) is 5.78 Å². The molecule has 8 nitrogen and oxygen atoms in total. The molecule has 2 aromatic carbocycles. The van der Waals surface area contributed by atoms with Crippen LogP contribution in [0.1, 0.15) is 66.7 Å². The number of methoxy groups -OCH3 is 1. The van der Waals surface area contributed by atoms with Gasteiger partial charge in [0.25, 0.3) is 0 Å². The van der Waals surface area contributed by atoms with Gasteiger partial charge >= 0.3 is 6.03 Å². The van der Waals surface area contributed by atoms with E-state index >= 15 is 0 Å². The van der Waals surface area contributed by atoms with E-state index in [0.29, 0.717) is 22.8 Å². The Morgan fingerprint density at radius 2 is 1.76 bits per heavy atom. The summed E-state index contributed by atoms with van der Waals surface area (Å²) < 4.78 is 7.27. The Morgan fingerprint density at radius 1 is 1.05 bits per heavy atom. The van der Waals surface area contributed by atoms with Gasteiger partial charge in [0.05, 0.1) is 30.0 Å². The average Bonchev–Trinajstić information content (AvgIpc) is 3.63. The number of ketones is 1. The van der Waals surface area contributed by atoms with Gasteiger partial charge in [0.1, 0.15) is 11.6 Å². The zero-order valence-electron chi connectivity index (χ0n) is 24.9. The molecule has 2 aromatic heterocycles. The Kier molecular flexibility index (Phi) is 8.80. The van der Waals surface area contributed by atoms with Gasteiger partial charge < -0.3 is 15.4 Å². The Morgan fingerprint density at radius 3 is 2.45 bits per heavy atom. The minimum Gasteiger partial charge on any atom is -0.495 e. The van der Waals surface area contributed by atoms with Crippen molar-refractivity contribution in [2.24, 2.45) is 5.92 Å². The van der Waals surface area contributed by atoms with E-state index in [2.05, 4.69) is 36.7 Å². The number of carbonyl (C=O) groups excluding carboxylic acids is 2. The molecule has 1 saturated heterocycles. The summed E-state index contributed by atoms with van der Waals surface area (Å²) in [5.41, 5.74) is 4.65. The van der Waals surface area contributed by atoms with Crippen LogP contribution in [-0.2, 0) is 5.41 Å². The number of hydrogen-bond donors (Lipinski definition) is 3. The van der Waals surface area contributed by atoms with Crippen molar-refractivity contribution < 1.29 is 14.3 Å². The lowest BCUT2D eigenvalue weighted by atomic mass is 9.76. The largest absolute Gasteiger partial charge is 0.495 e. The van der Waals surface area contributed by atoms with Crippen LogP contribution in [0.4, 0.5) is 16.3 Å². The molecule has 0 radical (unpaired) electrons. The number of aryl methyl sites for hydroxylation is 1. The van der Waals surface area contributed by atoms with Gasteiger partial charge in [-0.15, -0.1) is 11.3 Å². The van der Waals surface area contributed by atoms with Crippen molar-refractivity contribution in [3.63, 3.8) is 0 Å². The van der Waals surface area contributed by atoms with Gasteiger partial charge in [-0.2, -0.15) is 5.10 Å². The van der Waals surface area contributed by atoms with Crippen LogP contribution in [0.5, 0.6) is 5.75 Å². The fourth-order valence-corrected chi connectivity index (χ4v) is 6.23. The molecular weight excluding hydrogens is 546 g/mol. The van der Waals surface area contributed by atoms with Gasteiger partial charge in [0.2, 0.25) is 0 Å². The first-order chi connectivity index (χ1) is 20.2. The predicted molar refractivity (Wildman–Crippen MR) is 170 cm³/mol. The zero-order chi connectivity index (χ0) is 29.9. The van der Waals surface area contributed by atoms with Crippen LogP contribution < -0.4 is 20.7 Å². The number of nitrogens with one attached hydrogen (secondary N) is 3. The van der Waals surface area contributed by atoms with E-state index in [-0.39, 0.29) is 17.1 Å². The number of benzene rings is 2. The minimum absolute atomic E-state index is 0.0157. The van der Waals surface area contributed by atoms with Crippen molar-refractivity contribution in [1.29, 1.82) is 0 Å². The molecule has 1 aliphatic rings. The number of para-hydroxylation sites is 1. The number of hydrogen-bond acceptors (Lipinski definition) is 6. The average molecular weight is 586 g/mol. The summed E-state index contributed by atoms with van der Waals surface area (Å²) in [5.74, 6) is 0.880. The van der Waals surface area contributed by atoms with Gasteiger partial charge in [-0.25, -0.2) is 9.48 Å². The van der Waals surface area contributed by atoms with Crippen LogP contribution in [0.2, 0.25) is 0 Å². The van der Waals surface area contributed by atoms with Crippen LogP contribution in [-0.4, -0.2) is 41.8 Å². The molecule has 0 spiro atoms. The van der Waals surface area contributed by atoms with E-state index in [1.165, 1.54) is 11.3 Å². The second-order valence-electron chi connectivity index (χ2n) is 11.9. The number of amides is 2. The van der Waals surface area contributed by atoms with E-state index in [1.54, 1.807) is 11.8 Å². The zero-order valence-corrected chi connectivity index (χ0v) is 25.7. The molecule has 1 aliphatic heterocycles. The molecule has 220 valence electrons.